The van der Waals surface area contributed by atoms with Gasteiger partial charge in [-0.15, -0.1) is 0 Å². The summed E-state index contributed by atoms with van der Waals surface area (Å²) in [6.45, 7) is 2.73. The Labute approximate surface area is 235 Å². The summed E-state index contributed by atoms with van der Waals surface area (Å²) in [5.74, 6) is 0.883. The number of aromatic nitrogens is 1. The van der Waals surface area contributed by atoms with Gasteiger partial charge in [-0.05, 0) is 74.2 Å². The van der Waals surface area contributed by atoms with Crippen LogP contribution in [-0.2, 0) is 15.7 Å². The third-order valence-electron chi connectivity index (χ3n) is 7.57. The topological polar surface area (TPSA) is 81.5 Å². The van der Waals surface area contributed by atoms with Gasteiger partial charge < -0.3 is 15.0 Å². The molecule has 0 bridgehead atoms. The molecule has 0 radical (unpaired) electrons. The molecule has 5 rings (SSSR count). The van der Waals surface area contributed by atoms with Gasteiger partial charge in [0.05, 0.1) is 28.8 Å². The van der Waals surface area contributed by atoms with Crippen molar-refractivity contribution >= 4 is 40.3 Å². The molecule has 2 aliphatic rings. The fourth-order valence-electron chi connectivity index (χ4n) is 5.41. The number of benzene rings is 2. The molecular weight excluding hydrogens is 543 g/mol. The number of carbonyl (C=O) groups excluding carboxylic acids is 1. The van der Waals surface area contributed by atoms with Gasteiger partial charge in [0.25, 0.3) is 0 Å². The van der Waals surface area contributed by atoms with Crippen molar-refractivity contribution in [3.63, 3.8) is 0 Å². The predicted molar refractivity (Wildman–Crippen MR) is 147 cm³/mol. The first-order valence-electron chi connectivity index (χ1n) is 13.3. The van der Waals surface area contributed by atoms with Crippen LogP contribution in [0.15, 0.2) is 48.5 Å². The second-order valence-electron chi connectivity index (χ2n) is 10.2. The standard InChI is InChI=1S/C29H29ClF3N5O2/c30-21-3-9-26-19(15-21)2-10-27(36-26)37-11-13-38(14-12-37)28(18-39)40-24-7-5-22(6-8-24)35-23-4-1-20(17-34)25(16-23)29(31,32)33/h1-4,9-10,15-16,18,22,24,28,35H,5-8,11-14H2. The molecule has 1 atom stereocenters. The first kappa shape index (κ1) is 28.1. The SMILES string of the molecule is N#Cc1ccc(NC2CCC(OC(C=O)N3CCN(c4ccc5cc(Cl)ccc5n4)CC3)CC2)cc1C(F)(F)F. The van der Waals surface area contributed by atoms with Crippen molar-refractivity contribution in [3.8, 4) is 6.07 Å². The van der Waals surface area contributed by atoms with Gasteiger partial charge in [-0.1, -0.05) is 11.6 Å². The molecule has 1 N–H and O–H groups in total. The van der Waals surface area contributed by atoms with Crippen LogP contribution in [0.4, 0.5) is 24.7 Å². The molecule has 2 aromatic carbocycles. The predicted octanol–water partition coefficient (Wildman–Crippen LogP) is 5.87. The van der Waals surface area contributed by atoms with Crippen molar-refractivity contribution in [2.75, 3.05) is 36.4 Å². The first-order chi connectivity index (χ1) is 19.2. The Hall–Kier alpha value is -3.39. The van der Waals surface area contributed by atoms with Gasteiger partial charge in [-0.2, -0.15) is 18.4 Å². The molecule has 1 unspecified atom stereocenters. The van der Waals surface area contributed by atoms with Gasteiger partial charge in [0.15, 0.2) is 12.5 Å². The van der Waals surface area contributed by atoms with Crippen molar-refractivity contribution in [1.82, 2.24) is 9.88 Å². The number of pyridine rings is 1. The average molecular weight is 572 g/mol. The molecule has 2 heterocycles. The lowest BCUT2D eigenvalue weighted by molar-refractivity contribution is -0.143. The number of ether oxygens (including phenoxy) is 1. The quantitative estimate of drug-likeness (QED) is 0.355. The molecule has 7 nitrogen and oxygen atoms in total. The summed E-state index contributed by atoms with van der Waals surface area (Å²) in [6, 6.07) is 14.9. The van der Waals surface area contributed by atoms with Crippen molar-refractivity contribution in [3.05, 3.63) is 64.7 Å². The summed E-state index contributed by atoms with van der Waals surface area (Å²) in [4.78, 5) is 20.9. The number of rotatable bonds is 7. The smallest absolute Gasteiger partial charge is 0.382 e. The summed E-state index contributed by atoms with van der Waals surface area (Å²) in [7, 11) is 0. The molecule has 11 heteroatoms. The Morgan fingerprint density at radius 3 is 2.48 bits per heavy atom. The molecule has 1 aromatic heterocycles. The molecule has 0 amide bonds. The maximum atomic E-state index is 13.3. The minimum Gasteiger partial charge on any atom is -0.382 e. The molecule has 1 aliphatic carbocycles. The number of alkyl halides is 3. The van der Waals surface area contributed by atoms with E-state index in [4.69, 9.17) is 26.6 Å². The number of nitriles is 1. The van der Waals surface area contributed by atoms with Crippen LogP contribution in [0.25, 0.3) is 10.9 Å². The van der Waals surface area contributed by atoms with Crippen molar-refractivity contribution in [2.45, 2.75) is 50.2 Å². The molecule has 2 fully saturated rings. The van der Waals surface area contributed by atoms with Crippen LogP contribution in [0.5, 0.6) is 0 Å². The van der Waals surface area contributed by atoms with Crippen LogP contribution in [0.1, 0.15) is 36.8 Å². The fraction of sp³-hybridized carbons (Fsp3) is 0.414. The van der Waals surface area contributed by atoms with Crippen LogP contribution in [0.2, 0.25) is 5.02 Å². The monoisotopic (exact) mass is 571 g/mol. The number of hydrogen-bond acceptors (Lipinski definition) is 7. The maximum absolute atomic E-state index is 13.3. The largest absolute Gasteiger partial charge is 0.417 e. The third-order valence-corrected chi connectivity index (χ3v) is 7.81. The number of halogens is 4. The van der Waals surface area contributed by atoms with E-state index in [1.807, 2.05) is 35.2 Å². The van der Waals surface area contributed by atoms with Crippen LogP contribution >= 0.6 is 11.6 Å². The van der Waals surface area contributed by atoms with Crippen molar-refractivity contribution < 1.29 is 22.7 Å². The molecule has 40 heavy (non-hydrogen) atoms. The molecule has 210 valence electrons. The highest BCUT2D eigenvalue weighted by atomic mass is 35.5. The first-order valence-corrected chi connectivity index (χ1v) is 13.7. The van der Waals surface area contributed by atoms with Gasteiger partial charge in [-0.25, -0.2) is 4.98 Å². The van der Waals surface area contributed by atoms with Crippen LogP contribution < -0.4 is 10.2 Å². The summed E-state index contributed by atoms with van der Waals surface area (Å²) in [5, 5.41) is 13.8. The average Bonchev–Trinajstić information content (AvgIpc) is 2.96. The fourth-order valence-corrected chi connectivity index (χ4v) is 5.59. The second kappa shape index (κ2) is 12.0. The lowest BCUT2D eigenvalue weighted by Crippen LogP contribution is -2.53. The Balaban J connectivity index is 1.11. The Kier molecular flexibility index (Phi) is 8.45. The van der Waals surface area contributed by atoms with E-state index in [1.165, 1.54) is 12.1 Å². The van der Waals surface area contributed by atoms with Crippen LogP contribution in [0.3, 0.4) is 0 Å². The summed E-state index contributed by atoms with van der Waals surface area (Å²) >= 11 is 6.07. The number of nitrogens with one attached hydrogen (secondary N) is 1. The number of aldehydes is 1. The third kappa shape index (κ3) is 6.49. The highest BCUT2D eigenvalue weighted by Crippen LogP contribution is 2.34. The number of piperazine rings is 1. The van der Waals surface area contributed by atoms with Crippen LogP contribution in [-0.4, -0.2) is 60.7 Å². The van der Waals surface area contributed by atoms with E-state index in [9.17, 15) is 18.0 Å². The van der Waals surface area contributed by atoms with Crippen molar-refractivity contribution in [1.29, 1.82) is 5.26 Å². The molecule has 0 spiro atoms. The van der Waals surface area contributed by atoms with E-state index in [0.29, 0.717) is 62.6 Å². The summed E-state index contributed by atoms with van der Waals surface area (Å²) < 4.78 is 46.1. The molecule has 1 aliphatic heterocycles. The zero-order valence-corrected chi connectivity index (χ0v) is 22.5. The lowest BCUT2D eigenvalue weighted by atomic mass is 9.92. The number of nitrogens with zero attached hydrogens (tertiary/aromatic N) is 4. The van der Waals surface area contributed by atoms with Gasteiger partial charge in [-0.3, -0.25) is 9.69 Å². The van der Waals surface area contributed by atoms with Gasteiger partial charge in [0, 0.05) is 48.3 Å². The van der Waals surface area contributed by atoms with E-state index in [0.717, 1.165) is 29.1 Å². The van der Waals surface area contributed by atoms with Gasteiger partial charge >= 0.3 is 6.18 Å². The van der Waals surface area contributed by atoms with Gasteiger partial charge in [0.2, 0.25) is 0 Å². The maximum Gasteiger partial charge on any atom is 0.417 e. The summed E-state index contributed by atoms with van der Waals surface area (Å²) in [5.41, 5.74) is -0.116. The van der Waals surface area contributed by atoms with E-state index in [2.05, 4.69) is 10.2 Å². The summed E-state index contributed by atoms with van der Waals surface area (Å²) in [6.07, 6.45) is -1.72. The normalized spacial score (nSPS) is 21.1. The van der Waals surface area contributed by atoms with E-state index in [-0.39, 0.29) is 12.1 Å². The minimum absolute atomic E-state index is 0.0161. The molecule has 1 saturated heterocycles. The zero-order chi connectivity index (χ0) is 28.3. The number of hydrogen-bond donors (Lipinski definition) is 1. The van der Waals surface area contributed by atoms with Crippen LogP contribution in [0, 0.1) is 11.3 Å². The number of fused-ring (bicyclic) bond motifs is 1. The van der Waals surface area contributed by atoms with E-state index >= 15 is 0 Å². The second-order valence-corrected chi connectivity index (χ2v) is 10.6. The van der Waals surface area contributed by atoms with Gasteiger partial charge in [0.1, 0.15) is 5.82 Å². The molecular formula is C29H29ClF3N5O2. The van der Waals surface area contributed by atoms with Crippen molar-refractivity contribution in [2.24, 2.45) is 0 Å². The number of carbonyl (C=O) groups is 1. The Morgan fingerprint density at radius 2 is 1.80 bits per heavy atom. The molecule has 1 saturated carbocycles. The molecule has 3 aromatic rings. The minimum atomic E-state index is -4.59. The Morgan fingerprint density at radius 1 is 1.05 bits per heavy atom. The Bertz CT molecular complexity index is 1400. The highest BCUT2D eigenvalue weighted by Gasteiger charge is 2.34. The number of anilines is 2. The highest BCUT2D eigenvalue weighted by molar-refractivity contribution is 6.31. The zero-order valence-electron chi connectivity index (χ0n) is 21.7. The van der Waals surface area contributed by atoms with E-state index < -0.39 is 23.5 Å². The lowest BCUT2D eigenvalue weighted by Gasteiger charge is -2.39. The van der Waals surface area contributed by atoms with E-state index in [1.54, 1.807) is 6.07 Å².